The number of hydrogen-bond acceptors (Lipinski definition) is 2. The molecule has 38 heavy (non-hydrogen) atoms. The number of rotatable bonds is 7. The third kappa shape index (κ3) is 5.30. The molecule has 1 atom stereocenters. The van der Waals surface area contributed by atoms with Crippen LogP contribution >= 0.6 is 0 Å². The number of fused-ring (bicyclic) bond motifs is 3. The average molecular weight is 521 g/mol. The summed E-state index contributed by atoms with van der Waals surface area (Å²) in [5.74, 6) is -1.41. The molecule has 0 radical (unpaired) electrons. The quantitative estimate of drug-likeness (QED) is 0.321. The maximum absolute atomic E-state index is 13.9. The van der Waals surface area contributed by atoms with E-state index in [4.69, 9.17) is 0 Å². The predicted octanol–water partition coefficient (Wildman–Crippen LogP) is 6.08. The molecule has 1 N–H and O–H groups in total. The molecule has 4 aromatic rings. The summed E-state index contributed by atoms with van der Waals surface area (Å²) in [6, 6.07) is 22.1. The topological polar surface area (TPSA) is 62.5 Å². The fourth-order valence-electron chi connectivity index (χ4n) is 5.47. The smallest absolute Gasteiger partial charge is 0.416 e. The number of carbonyl (C=O) groups excluding carboxylic acids is 1. The standard InChI is InChI=1S/C30H27F3N2O3/c31-30(32,33)23-10-6-9-21(15-23)18-34(17-20-7-2-1-3-8-20)29(38)22-13-14-27-25(16-22)24-11-4-5-12-26(24)35(27)19-28(36)37/h1-12,15,22H,13-14,16-19H2,(H,36,37). The molecule has 196 valence electrons. The van der Waals surface area contributed by atoms with Gasteiger partial charge in [0.2, 0.25) is 5.91 Å². The molecule has 1 aliphatic carbocycles. The van der Waals surface area contributed by atoms with E-state index in [0.29, 0.717) is 24.8 Å². The van der Waals surface area contributed by atoms with Crippen LogP contribution in [0, 0.1) is 5.92 Å². The lowest BCUT2D eigenvalue weighted by Crippen LogP contribution is -2.38. The van der Waals surface area contributed by atoms with E-state index in [1.165, 1.54) is 6.07 Å². The Bertz CT molecular complexity index is 1480. The van der Waals surface area contributed by atoms with Crippen molar-refractivity contribution in [2.24, 2.45) is 5.92 Å². The van der Waals surface area contributed by atoms with Crippen molar-refractivity contribution in [3.8, 4) is 0 Å². The fraction of sp³-hybridized carbons (Fsp3) is 0.267. The van der Waals surface area contributed by atoms with Crippen LogP contribution in [0.25, 0.3) is 10.9 Å². The third-order valence-electron chi connectivity index (χ3n) is 7.17. The van der Waals surface area contributed by atoms with Crippen molar-refractivity contribution in [1.29, 1.82) is 0 Å². The molecule has 0 saturated carbocycles. The Morgan fingerprint density at radius 2 is 1.61 bits per heavy atom. The van der Waals surface area contributed by atoms with Crippen LogP contribution in [0.2, 0.25) is 0 Å². The summed E-state index contributed by atoms with van der Waals surface area (Å²) in [6.45, 7) is 0.186. The van der Waals surface area contributed by atoms with Gasteiger partial charge in [0.25, 0.3) is 0 Å². The molecule has 0 aliphatic heterocycles. The van der Waals surface area contributed by atoms with Crippen molar-refractivity contribution in [1.82, 2.24) is 9.47 Å². The highest BCUT2D eigenvalue weighted by Crippen LogP contribution is 2.36. The zero-order valence-corrected chi connectivity index (χ0v) is 20.6. The lowest BCUT2D eigenvalue weighted by Gasteiger charge is -2.30. The van der Waals surface area contributed by atoms with E-state index in [9.17, 15) is 27.9 Å². The maximum atomic E-state index is 13.9. The molecular formula is C30H27F3N2O3. The summed E-state index contributed by atoms with van der Waals surface area (Å²) in [4.78, 5) is 27.1. The molecule has 1 heterocycles. The SMILES string of the molecule is O=C(O)Cn1c2c(c3ccccc31)CC(C(=O)N(Cc1ccccc1)Cc1cccc(C(F)(F)F)c1)CC2. The van der Waals surface area contributed by atoms with Crippen LogP contribution in [-0.4, -0.2) is 26.5 Å². The first-order chi connectivity index (χ1) is 18.2. The summed E-state index contributed by atoms with van der Waals surface area (Å²) in [6.07, 6.45) is -2.92. The molecule has 1 unspecified atom stereocenters. The van der Waals surface area contributed by atoms with Crippen molar-refractivity contribution >= 4 is 22.8 Å². The van der Waals surface area contributed by atoms with Crippen molar-refractivity contribution in [3.63, 3.8) is 0 Å². The Labute approximate surface area is 218 Å². The minimum atomic E-state index is -4.46. The molecule has 5 nitrogen and oxygen atoms in total. The first kappa shape index (κ1) is 25.6. The second-order valence-electron chi connectivity index (χ2n) is 9.74. The maximum Gasteiger partial charge on any atom is 0.416 e. The van der Waals surface area contributed by atoms with E-state index in [1.807, 2.05) is 59.2 Å². The number of benzene rings is 3. The molecule has 0 bridgehead atoms. The second kappa shape index (κ2) is 10.4. The minimum Gasteiger partial charge on any atom is -0.480 e. The summed E-state index contributed by atoms with van der Waals surface area (Å²) in [7, 11) is 0. The Balaban J connectivity index is 1.45. The van der Waals surface area contributed by atoms with E-state index in [0.717, 1.165) is 39.9 Å². The number of aromatic nitrogens is 1. The number of amides is 1. The van der Waals surface area contributed by atoms with Gasteiger partial charge in [0.15, 0.2) is 0 Å². The summed E-state index contributed by atoms with van der Waals surface area (Å²) < 4.78 is 41.8. The van der Waals surface area contributed by atoms with Gasteiger partial charge in [-0.2, -0.15) is 13.2 Å². The molecule has 0 spiro atoms. The van der Waals surface area contributed by atoms with Crippen LogP contribution in [0.5, 0.6) is 0 Å². The first-order valence-corrected chi connectivity index (χ1v) is 12.5. The van der Waals surface area contributed by atoms with Gasteiger partial charge in [-0.25, -0.2) is 0 Å². The van der Waals surface area contributed by atoms with Gasteiger partial charge in [-0.05, 0) is 54.2 Å². The van der Waals surface area contributed by atoms with Gasteiger partial charge in [-0.1, -0.05) is 60.7 Å². The lowest BCUT2D eigenvalue weighted by molar-refractivity contribution is -0.139. The number of nitrogens with zero attached hydrogens (tertiary/aromatic N) is 2. The van der Waals surface area contributed by atoms with Gasteiger partial charge in [0, 0.05) is 35.6 Å². The van der Waals surface area contributed by atoms with E-state index < -0.39 is 17.7 Å². The van der Waals surface area contributed by atoms with Gasteiger partial charge in [0.05, 0.1) is 5.56 Å². The molecule has 1 amide bonds. The van der Waals surface area contributed by atoms with Crippen molar-refractivity contribution in [3.05, 3.63) is 107 Å². The van der Waals surface area contributed by atoms with Crippen LogP contribution in [0.3, 0.4) is 0 Å². The molecule has 1 aromatic heterocycles. The number of carboxylic acid groups (broad SMARTS) is 1. The fourth-order valence-corrected chi connectivity index (χ4v) is 5.47. The molecule has 0 fully saturated rings. The monoisotopic (exact) mass is 520 g/mol. The number of aliphatic carboxylic acids is 1. The van der Waals surface area contributed by atoms with E-state index in [1.54, 1.807) is 11.0 Å². The van der Waals surface area contributed by atoms with Crippen LogP contribution in [0.4, 0.5) is 13.2 Å². The first-order valence-electron chi connectivity index (χ1n) is 12.5. The number of halogens is 3. The predicted molar refractivity (Wildman–Crippen MR) is 137 cm³/mol. The molecule has 1 aliphatic rings. The largest absolute Gasteiger partial charge is 0.480 e. The zero-order valence-electron chi connectivity index (χ0n) is 20.6. The molecule has 5 rings (SSSR count). The van der Waals surface area contributed by atoms with Gasteiger partial charge in [0.1, 0.15) is 6.54 Å². The minimum absolute atomic E-state index is 0.0573. The molecular weight excluding hydrogens is 493 g/mol. The van der Waals surface area contributed by atoms with Crippen molar-refractivity contribution in [2.75, 3.05) is 0 Å². The summed E-state index contributed by atoms with van der Waals surface area (Å²) in [5, 5.41) is 10.4. The lowest BCUT2D eigenvalue weighted by atomic mass is 9.85. The highest BCUT2D eigenvalue weighted by Gasteiger charge is 2.33. The van der Waals surface area contributed by atoms with E-state index in [2.05, 4.69) is 0 Å². The number of carboxylic acids is 1. The summed E-state index contributed by atoms with van der Waals surface area (Å²) in [5.41, 5.74) is 3.31. The normalized spacial score (nSPS) is 15.3. The molecule has 0 saturated heterocycles. The molecule has 8 heteroatoms. The van der Waals surface area contributed by atoms with E-state index >= 15 is 0 Å². The molecule has 3 aromatic carbocycles. The average Bonchev–Trinajstić information content (AvgIpc) is 3.20. The summed E-state index contributed by atoms with van der Waals surface area (Å²) >= 11 is 0. The van der Waals surface area contributed by atoms with Gasteiger partial charge in [-0.3, -0.25) is 9.59 Å². The van der Waals surface area contributed by atoms with Crippen molar-refractivity contribution in [2.45, 2.75) is 45.1 Å². The Kier molecular flexibility index (Phi) is 6.97. The third-order valence-corrected chi connectivity index (χ3v) is 7.17. The van der Waals surface area contributed by atoms with E-state index in [-0.39, 0.29) is 31.5 Å². The van der Waals surface area contributed by atoms with Gasteiger partial charge < -0.3 is 14.6 Å². The Morgan fingerprint density at radius 3 is 2.34 bits per heavy atom. The number of para-hydroxylation sites is 1. The van der Waals surface area contributed by atoms with Crippen LogP contribution < -0.4 is 0 Å². The van der Waals surface area contributed by atoms with Gasteiger partial charge in [-0.15, -0.1) is 0 Å². The highest BCUT2D eigenvalue weighted by atomic mass is 19.4. The Morgan fingerprint density at radius 1 is 0.921 bits per heavy atom. The van der Waals surface area contributed by atoms with Crippen molar-refractivity contribution < 1.29 is 27.9 Å². The Hall–Kier alpha value is -4.07. The van der Waals surface area contributed by atoms with Crippen LogP contribution in [-0.2, 0) is 48.2 Å². The number of alkyl halides is 3. The highest BCUT2D eigenvalue weighted by molar-refractivity contribution is 5.88. The zero-order chi connectivity index (χ0) is 26.9. The van der Waals surface area contributed by atoms with Crippen LogP contribution in [0.15, 0.2) is 78.9 Å². The number of carbonyl (C=O) groups is 2. The second-order valence-corrected chi connectivity index (χ2v) is 9.74. The van der Waals surface area contributed by atoms with Gasteiger partial charge >= 0.3 is 12.1 Å². The van der Waals surface area contributed by atoms with Crippen LogP contribution in [0.1, 0.15) is 34.4 Å². The number of hydrogen-bond donors (Lipinski definition) is 1.